The van der Waals surface area contributed by atoms with Crippen molar-refractivity contribution in [3.05, 3.63) is 74.6 Å². The monoisotopic (exact) mass is 367 g/mol. The van der Waals surface area contributed by atoms with Gasteiger partial charge in [-0.2, -0.15) is 0 Å². The van der Waals surface area contributed by atoms with Crippen molar-refractivity contribution in [3.63, 3.8) is 0 Å². The second-order valence-corrected chi connectivity index (χ2v) is 6.84. The minimum absolute atomic E-state index is 0.00659. The van der Waals surface area contributed by atoms with Crippen molar-refractivity contribution in [1.82, 2.24) is 4.98 Å². The van der Waals surface area contributed by atoms with Crippen molar-refractivity contribution in [2.24, 2.45) is 0 Å². The van der Waals surface area contributed by atoms with Crippen molar-refractivity contribution in [2.75, 3.05) is 5.32 Å². The molecule has 26 heavy (non-hydrogen) atoms. The van der Waals surface area contributed by atoms with E-state index in [-0.39, 0.29) is 18.0 Å². The Morgan fingerprint density at radius 2 is 1.88 bits per heavy atom. The molecule has 2 aromatic carbocycles. The molecular formula is C19H17N3O3S. The first-order valence-corrected chi connectivity index (χ1v) is 8.86. The summed E-state index contributed by atoms with van der Waals surface area (Å²) in [5.41, 5.74) is 4.97. The lowest BCUT2D eigenvalue weighted by atomic mass is 10.1. The summed E-state index contributed by atoms with van der Waals surface area (Å²) in [6.07, 6.45) is 0.135. The molecular weight excluding hydrogens is 350 g/mol. The largest absolute Gasteiger partial charge is 0.302 e. The van der Waals surface area contributed by atoms with Crippen molar-refractivity contribution < 1.29 is 9.72 Å². The van der Waals surface area contributed by atoms with E-state index in [2.05, 4.69) is 36.3 Å². The van der Waals surface area contributed by atoms with E-state index in [1.165, 1.54) is 34.6 Å². The van der Waals surface area contributed by atoms with Gasteiger partial charge in [0.1, 0.15) is 0 Å². The van der Waals surface area contributed by atoms with Crippen molar-refractivity contribution >= 4 is 28.1 Å². The summed E-state index contributed by atoms with van der Waals surface area (Å²) >= 11 is 1.37. The lowest BCUT2D eigenvalue weighted by Gasteiger charge is -2.03. The van der Waals surface area contributed by atoms with Crippen LogP contribution in [0, 0.1) is 24.0 Å². The highest BCUT2D eigenvalue weighted by atomic mass is 32.1. The third kappa shape index (κ3) is 4.12. The van der Waals surface area contributed by atoms with Crippen molar-refractivity contribution in [2.45, 2.75) is 20.3 Å². The Morgan fingerprint density at radius 3 is 2.54 bits per heavy atom. The third-order valence-electron chi connectivity index (χ3n) is 4.07. The van der Waals surface area contributed by atoms with Crippen LogP contribution in [-0.2, 0) is 11.2 Å². The number of anilines is 1. The topological polar surface area (TPSA) is 85.1 Å². The Bertz CT molecular complexity index is 964. The van der Waals surface area contributed by atoms with E-state index >= 15 is 0 Å². The molecule has 0 fully saturated rings. The Labute approximate surface area is 154 Å². The van der Waals surface area contributed by atoms with Crippen molar-refractivity contribution in [1.29, 1.82) is 0 Å². The standard InChI is InChI=1S/C19H17N3O3S/c1-12-3-6-15(9-13(12)2)17-11-26-19(20-17)21-18(23)10-14-4-7-16(8-5-14)22(24)25/h3-9,11H,10H2,1-2H3,(H,20,21,23). The van der Waals surface area contributed by atoms with Gasteiger partial charge in [0, 0.05) is 23.1 Å². The highest BCUT2D eigenvalue weighted by Crippen LogP contribution is 2.26. The molecule has 0 aliphatic rings. The van der Waals surface area contributed by atoms with E-state index in [0.29, 0.717) is 10.7 Å². The molecule has 1 heterocycles. The second-order valence-electron chi connectivity index (χ2n) is 5.99. The average molecular weight is 367 g/mol. The maximum Gasteiger partial charge on any atom is 0.269 e. The first kappa shape index (κ1) is 17.8. The van der Waals surface area contributed by atoms with Gasteiger partial charge in [-0.3, -0.25) is 14.9 Å². The summed E-state index contributed by atoms with van der Waals surface area (Å²) in [6.45, 7) is 4.11. The van der Waals surface area contributed by atoms with Gasteiger partial charge in [0.2, 0.25) is 5.91 Å². The van der Waals surface area contributed by atoms with Crippen LogP contribution in [-0.4, -0.2) is 15.8 Å². The number of hydrogen-bond acceptors (Lipinski definition) is 5. The fourth-order valence-electron chi connectivity index (χ4n) is 2.45. The molecule has 0 aliphatic heterocycles. The van der Waals surface area contributed by atoms with Gasteiger partial charge < -0.3 is 5.32 Å². The molecule has 7 heteroatoms. The van der Waals surface area contributed by atoms with Gasteiger partial charge in [0.05, 0.1) is 17.0 Å². The number of aromatic nitrogens is 1. The predicted molar refractivity (Wildman–Crippen MR) is 102 cm³/mol. The van der Waals surface area contributed by atoms with E-state index < -0.39 is 4.92 Å². The molecule has 0 atom stereocenters. The highest BCUT2D eigenvalue weighted by Gasteiger charge is 2.11. The number of amides is 1. The number of non-ortho nitro benzene ring substituents is 1. The van der Waals surface area contributed by atoms with E-state index in [0.717, 1.165) is 11.3 Å². The Morgan fingerprint density at radius 1 is 1.15 bits per heavy atom. The first-order chi connectivity index (χ1) is 12.4. The summed E-state index contributed by atoms with van der Waals surface area (Å²) in [7, 11) is 0. The summed E-state index contributed by atoms with van der Waals surface area (Å²) in [5.74, 6) is -0.208. The maximum atomic E-state index is 12.2. The van der Waals surface area contributed by atoms with Gasteiger partial charge in [0.15, 0.2) is 5.13 Å². The quantitative estimate of drug-likeness (QED) is 0.531. The van der Waals surface area contributed by atoms with E-state index in [1.807, 2.05) is 11.4 Å². The minimum Gasteiger partial charge on any atom is -0.302 e. The molecule has 0 aliphatic carbocycles. The first-order valence-electron chi connectivity index (χ1n) is 7.99. The van der Waals surface area contributed by atoms with E-state index in [4.69, 9.17) is 0 Å². The van der Waals surface area contributed by atoms with Gasteiger partial charge in [-0.25, -0.2) is 4.98 Å². The number of nitro benzene ring substituents is 1. The molecule has 0 unspecified atom stereocenters. The lowest BCUT2D eigenvalue weighted by Crippen LogP contribution is -2.14. The molecule has 3 aromatic rings. The smallest absolute Gasteiger partial charge is 0.269 e. The fourth-order valence-corrected chi connectivity index (χ4v) is 3.18. The third-order valence-corrected chi connectivity index (χ3v) is 4.82. The van der Waals surface area contributed by atoms with Crippen LogP contribution >= 0.6 is 11.3 Å². The predicted octanol–water partition coefficient (Wildman–Crippen LogP) is 4.52. The zero-order valence-corrected chi connectivity index (χ0v) is 15.2. The molecule has 0 saturated heterocycles. The maximum absolute atomic E-state index is 12.2. The molecule has 3 rings (SSSR count). The zero-order valence-electron chi connectivity index (χ0n) is 14.4. The van der Waals surface area contributed by atoms with E-state index in [9.17, 15) is 14.9 Å². The minimum atomic E-state index is -0.465. The van der Waals surface area contributed by atoms with Crippen LogP contribution in [0.25, 0.3) is 11.3 Å². The lowest BCUT2D eigenvalue weighted by molar-refractivity contribution is -0.384. The van der Waals surface area contributed by atoms with Crippen LogP contribution in [0.1, 0.15) is 16.7 Å². The summed E-state index contributed by atoms with van der Waals surface area (Å²) in [6, 6.07) is 12.1. The van der Waals surface area contributed by atoms with Gasteiger partial charge >= 0.3 is 0 Å². The highest BCUT2D eigenvalue weighted by molar-refractivity contribution is 7.14. The van der Waals surface area contributed by atoms with E-state index in [1.54, 1.807) is 12.1 Å². The molecule has 1 aromatic heterocycles. The number of nitrogens with one attached hydrogen (secondary N) is 1. The fraction of sp³-hybridized carbons (Fsp3) is 0.158. The number of aryl methyl sites for hydroxylation is 2. The molecule has 1 amide bonds. The van der Waals surface area contributed by atoms with Gasteiger partial charge in [-0.15, -0.1) is 11.3 Å². The van der Waals surface area contributed by atoms with Gasteiger partial charge in [-0.05, 0) is 36.6 Å². The average Bonchev–Trinajstić information content (AvgIpc) is 3.06. The number of carbonyl (C=O) groups excluding carboxylic acids is 1. The number of rotatable bonds is 5. The molecule has 0 radical (unpaired) electrons. The Kier molecular flexibility index (Phi) is 5.09. The zero-order chi connectivity index (χ0) is 18.7. The number of nitrogens with zero attached hydrogens (tertiary/aromatic N) is 2. The van der Waals surface area contributed by atoms with Gasteiger partial charge in [-0.1, -0.05) is 24.3 Å². The summed E-state index contributed by atoms with van der Waals surface area (Å²) < 4.78 is 0. The second kappa shape index (κ2) is 7.45. The van der Waals surface area contributed by atoms with Crippen LogP contribution < -0.4 is 5.32 Å². The Hall–Kier alpha value is -3.06. The number of hydrogen-bond donors (Lipinski definition) is 1. The van der Waals surface area contributed by atoms with Gasteiger partial charge in [0.25, 0.3) is 5.69 Å². The normalized spacial score (nSPS) is 10.5. The molecule has 1 N–H and O–H groups in total. The van der Waals surface area contributed by atoms with Crippen LogP contribution in [0.15, 0.2) is 47.8 Å². The molecule has 132 valence electrons. The summed E-state index contributed by atoms with van der Waals surface area (Å²) in [4.78, 5) is 26.8. The molecule has 0 spiro atoms. The number of carbonyl (C=O) groups is 1. The Balaban J connectivity index is 1.65. The van der Waals surface area contributed by atoms with Crippen LogP contribution in [0.2, 0.25) is 0 Å². The number of thiazole rings is 1. The van der Waals surface area contributed by atoms with Crippen molar-refractivity contribution in [3.8, 4) is 11.3 Å². The van der Waals surface area contributed by atoms with Crippen LogP contribution in [0.5, 0.6) is 0 Å². The molecule has 0 bridgehead atoms. The summed E-state index contributed by atoms with van der Waals surface area (Å²) in [5, 5.41) is 15.9. The van der Waals surface area contributed by atoms with Crippen LogP contribution in [0.3, 0.4) is 0 Å². The van der Waals surface area contributed by atoms with Crippen LogP contribution in [0.4, 0.5) is 10.8 Å². The number of nitro groups is 1. The number of benzene rings is 2. The SMILES string of the molecule is Cc1ccc(-c2csc(NC(=O)Cc3ccc([N+](=O)[O-])cc3)n2)cc1C. The molecule has 6 nitrogen and oxygen atoms in total. The molecule has 0 saturated carbocycles.